The van der Waals surface area contributed by atoms with Crippen LogP contribution >= 0.6 is 23.1 Å². The molecule has 8 heteroatoms. The number of nitrogens with zero attached hydrogens (tertiary/aromatic N) is 1. The van der Waals surface area contributed by atoms with Crippen molar-refractivity contribution in [2.24, 2.45) is 0 Å². The first-order chi connectivity index (χ1) is 11.4. The number of non-ortho nitro benzene ring substituents is 1. The number of nitro groups is 1. The zero-order valence-electron chi connectivity index (χ0n) is 13.1. The fourth-order valence-electron chi connectivity index (χ4n) is 1.81. The summed E-state index contributed by atoms with van der Waals surface area (Å²) in [7, 11) is 0. The molecule has 1 heterocycles. The Labute approximate surface area is 147 Å². The summed E-state index contributed by atoms with van der Waals surface area (Å²) < 4.78 is 5.05. The zero-order chi connectivity index (χ0) is 17.7. The minimum Gasteiger partial charge on any atom is -0.456 e. The van der Waals surface area contributed by atoms with E-state index in [2.05, 4.69) is 0 Å². The van der Waals surface area contributed by atoms with Crippen LogP contribution in [-0.4, -0.2) is 28.5 Å². The molecule has 0 aliphatic carbocycles. The Morgan fingerprint density at radius 2 is 1.92 bits per heavy atom. The molecule has 0 aliphatic rings. The molecule has 0 fully saturated rings. The van der Waals surface area contributed by atoms with Crippen LogP contribution in [0, 0.1) is 17.0 Å². The number of Topliss-reactive ketones (excluding diaryl/α,β-unsaturated/α-hetero) is 1. The first kappa shape index (κ1) is 18.2. The normalized spacial score (nSPS) is 11.8. The number of rotatable bonds is 7. The Morgan fingerprint density at radius 3 is 2.46 bits per heavy atom. The molecule has 0 saturated heterocycles. The number of nitro benzene ring substituents is 1. The Hall–Kier alpha value is -2.19. The smallest absolute Gasteiger partial charge is 0.319 e. The van der Waals surface area contributed by atoms with Crippen LogP contribution in [-0.2, 0) is 9.53 Å². The highest BCUT2D eigenvalue weighted by Crippen LogP contribution is 2.26. The third-order valence-electron chi connectivity index (χ3n) is 3.05. The molecule has 0 amide bonds. The van der Waals surface area contributed by atoms with Gasteiger partial charge in [0.25, 0.3) is 5.69 Å². The lowest BCUT2D eigenvalue weighted by atomic mass is 10.3. The van der Waals surface area contributed by atoms with E-state index < -0.39 is 16.1 Å². The Balaban J connectivity index is 1.85. The highest BCUT2D eigenvalue weighted by atomic mass is 32.2. The van der Waals surface area contributed by atoms with Crippen LogP contribution in [0.15, 0.2) is 41.3 Å². The predicted octanol–water partition coefficient (Wildman–Crippen LogP) is 3.87. The van der Waals surface area contributed by atoms with E-state index in [0.717, 1.165) is 4.88 Å². The molecule has 6 nitrogen and oxygen atoms in total. The summed E-state index contributed by atoms with van der Waals surface area (Å²) in [5.74, 6) is -0.728. The van der Waals surface area contributed by atoms with Gasteiger partial charge in [0.15, 0.2) is 6.61 Å². The second-order valence-electron chi connectivity index (χ2n) is 4.95. The maximum absolute atomic E-state index is 12.0. The highest BCUT2D eigenvalue weighted by Gasteiger charge is 2.19. The number of hydrogen-bond donors (Lipinski definition) is 0. The molecule has 1 aromatic carbocycles. The van der Waals surface area contributed by atoms with Gasteiger partial charge in [0.1, 0.15) is 5.25 Å². The average Bonchev–Trinajstić information content (AvgIpc) is 2.99. The number of benzene rings is 1. The molecule has 1 unspecified atom stereocenters. The first-order valence-electron chi connectivity index (χ1n) is 7.04. The summed E-state index contributed by atoms with van der Waals surface area (Å²) in [5, 5.41) is 10.1. The molecule has 0 radical (unpaired) electrons. The SMILES string of the molecule is Cc1ccc(C(=O)COC(=O)C(C)Sc2ccc([N+](=O)[O-])cc2)s1. The van der Waals surface area contributed by atoms with E-state index in [1.165, 1.54) is 35.2 Å². The summed E-state index contributed by atoms with van der Waals surface area (Å²) in [6.07, 6.45) is 0. The van der Waals surface area contributed by atoms with Crippen molar-refractivity contribution in [3.05, 3.63) is 56.3 Å². The van der Waals surface area contributed by atoms with Crippen molar-refractivity contribution < 1.29 is 19.2 Å². The lowest BCUT2D eigenvalue weighted by Crippen LogP contribution is -2.20. The van der Waals surface area contributed by atoms with Gasteiger partial charge in [-0.3, -0.25) is 19.7 Å². The summed E-state index contributed by atoms with van der Waals surface area (Å²) in [6.45, 7) is 3.27. The molecule has 0 bridgehead atoms. The van der Waals surface area contributed by atoms with E-state index in [4.69, 9.17) is 4.74 Å². The van der Waals surface area contributed by atoms with Gasteiger partial charge in [-0.2, -0.15) is 0 Å². The van der Waals surface area contributed by atoms with Gasteiger partial charge in [-0.15, -0.1) is 23.1 Å². The van der Waals surface area contributed by atoms with Crippen LogP contribution in [0.3, 0.4) is 0 Å². The Bertz CT molecular complexity index is 754. The summed E-state index contributed by atoms with van der Waals surface area (Å²) >= 11 is 2.58. The number of carbonyl (C=O) groups is 2. The molecule has 0 saturated carbocycles. The van der Waals surface area contributed by atoms with Crippen LogP contribution < -0.4 is 0 Å². The quantitative estimate of drug-likeness (QED) is 0.243. The highest BCUT2D eigenvalue weighted by molar-refractivity contribution is 8.00. The third kappa shape index (κ3) is 4.90. The molecule has 24 heavy (non-hydrogen) atoms. The number of ether oxygens (including phenoxy) is 1. The predicted molar refractivity (Wildman–Crippen MR) is 92.8 cm³/mol. The van der Waals surface area contributed by atoms with Crippen molar-refractivity contribution in [1.82, 2.24) is 0 Å². The van der Waals surface area contributed by atoms with Gasteiger partial charge >= 0.3 is 5.97 Å². The van der Waals surface area contributed by atoms with Gasteiger partial charge in [-0.05, 0) is 38.1 Å². The fraction of sp³-hybridized carbons (Fsp3) is 0.250. The lowest BCUT2D eigenvalue weighted by molar-refractivity contribution is -0.384. The van der Waals surface area contributed by atoms with E-state index >= 15 is 0 Å². The molecular formula is C16H15NO5S2. The van der Waals surface area contributed by atoms with Crippen LogP contribution in [0.1, 0.15) is 21.5 Å². The maximum atomic E-state index is 12.0. The largest absolute Gasteiger partial charge is 0.456 e. The van der Waals surface area contributed by atoms with E-state index in [1.54, 1.807) is 25.1 Å². The molecular weight excluding hydrogens is 350 g/mol. The van der Waals surface area contributed by atoms with Gasteiger partial charge in [-0.25, -0.2) is 0 Å². The zero-order valence-corrected chi connectivity index (χ0v) is 14.7. The van der Waals surface area contributed by atoms with Crippen molar-refractivity contribution in [2.75, 3.05) is 6.61 Å². The number of hydrogen-bond acceptors (Lipinski definition) is 7. The van der Waals surface area contributed by atoms with Crippen LogP contribution in [0.4, 0.5) is 5.69 Å². The number of esters is 1. The van der Waals surface area contributed by atoms with Gasteiger partial charge in [0.2, 0.25) is 5.78 Å². The number of thiophene rings is 1. The molecule has 0 N–H and O–H groups in total. The minimum atomic E-state index is -0.524. The van der Waals surface area contributed by atoms with Crippen LogP contribution in [0.2, 0.25) is 0 Å². The van der Waals surface area contributed by atoms with E-state index in [9.17, 15) is 19.7 Å². The van der Waals surface area contributed by atoms with E-state index in [1.807, 2.05) is 13.0 Å². The molecule has 1 aromatic heterocycles. The average molecular weight is 365 g/mol. The summed E-state index contributed by atoms with van der Waals surface area (Å²) in [4.78, 5) is 36.3. The van der Waals surface area contributed by atoms with Crippen LogP contribution in [0.5, 0.6) is 0 Å². The molecule has 126 valence electrons. The first-order valence-corrected chi connectivity index (χ1v) is 8.74. The number of ketones is 1. The second kappa shape index (κ2) is 8.07. The Kier molecular flexibility index (Phi) is 6.10. The molecule has 2 aromatic rings. The van der Waals surface area contributed by atoms with Gasteiger partial charge < -0.3 is 4.74 Å². The standard InChI is InChI=1S/C16H15NO5S2/c1-10-3-8-15(23-10)14(18)9-22-16(19)11(2)24-13-6-4-12(5-7-13)17(20)21/h3-8,11H,9H2,1-2H3. The van der Waals surface area contributed by atoms with E-state index in [0.29, 0.717) is 9.77 Å². The van der Waals surface area contributed by atoms with E-state index in [-0.39, 0.29) is 18.1 Å². The van der Waals surface area contributed by atoms with Crippen LogP contribution in [0.25, 0.3) is 0 Å². The van der Waals surface area contributed by atoms with Crippen molar-refractivity contribution in [3.63, 3.8) is 0 Å². The van der Waals surface area contributed by atoms with Crippen molar-refractivity contribution in [3.8, 4) is 0 Å². The van der Waals surface area contributed by atoms with Crippen molar-refractivity contribution in [2.45, 2.75) is 24.0 Å². The minimum absolute atomic E-state index is 0.00795. The lowest BCUT2D eigenvalue weighted by Gasteiger charge is -2.10. The van der Waals surface area contributed by atoms with Gasteiger partial charge in [-0.1, -0.05) is 0 Å². The number of thioether (sulfide) groups is 1. The fourth-order valence-corrected chi connectivity index (χ4v) is 3.47. The third-order valence-corrected chi connectivity index (χ3v) is 5.19. The van der Waals surface area contributed by atoms with Crippen molar-refractivity contribution >= 4 is 40.5 Å². The monoisotopic (exact) mass is 365 g/mol. The topological polar surface area (TPSA) is 86.5 Å². The van der Waals surface area contributed by atoms with Gasteiger partial charge in [0, 0.05) is 21.9 Å². The maximum Gasteiger partial charge on any atom is 0.319 e. The Morgan fingerprint density at radius 1 is 1.25 bits per heavy atom. The van der Waals surface area contributed by atoms with Gasteiger partial charge in [0.05, 0.1) is 9.80 Å². The molecule has 1 atom stereocenters. The molecule has 0 aliphatic heterocycles. The van der Waals surface area contributed by atoms with Crippen molar-refractivity contribution in [1.29, 1.82) is 0 Å². The molecule has 0 spiro atoms. The number of carbonyl (C=O) groups excluding carboxylic acids is 2. The number of aryl methyl sites for hydroxylation is 1. The summed E-state index contributed by atoms with van der Waals surface area (Å²) in [6, 6.07) is 9.46. The molecule has 2 rings (SSSR count). The second-order valence-corrected chi connectivity index (χ2v) is 7.65. The summed E-state index contributed by atoms with van der Waals surface area (Å²) in [5.41, 5.74) is -0.00795.